The SMILES string of the molecule is COc1cccc(OC(C)C(=O)N2CCC(c3cc(C(F)F)c4c(C)noc4n3)CC2)c1. The van der Waals surface area contributed by atoms with Gasteiger partial charge >= 0.3 is 0 Å². The lowest BCUT2D eigenvalue weighted by Gasteiger charge is -2.33. The summed E-state index contributed by atoms with van der Waals surface area (Å²) >= 11 is 0. The van der Waals surface area contributed by atoms with E-state index in [1.165, 1.54) is 6.07 Å². The van der Waals surface area contributed by atoms with Gasteiger partial charge in [0.05, 0.1) is 18.2 Å². The number of aromatic nitrogens is 2. The Labute approximate surface area is 184 Å². The molecule has 32 heavy (non-hydrogen) atoms. The summed E-state index contributed by atoms with van der Waals surface area (Å²) in [5, 5.41) is 4.06. The quantitative estimate of drug-likeness (QED) is 0.550. The molecule has 7 nitrogen and oxygen atoms in total. The molecule has 1 fully saturated rings. The number of carbonyl (C=O) groups excluding carboxylic acids is 1. The fourth-order valence-electron chi connectivity index (χ4n) is 4.11. The number of rotatable bonds is 6. The van der Waals surface area contributed by atoms with E-state index in [4.69, 9.17) is 14.0 Å². The van der Waals surface area contributed by atoms with E-state index in [1.807, 2.05) is 0 Å². The molecule has 4 rings (SSSR count). The number of hydrogen-bond donors (Lipinski definition) is 0. The number of alkyl halides is 2. The van der Waals surface area contributed by atoms with Crippen LogP contribution in [0.5, 0.6) is 11.5 Å². The lowest BCUT2D eigenvalue weighted by molar-refractivity contribution is -0.139. The van der Waals surface area contributed by atoms with Crippen molar-refractivity contribution in [3.05, 3.63) is 47.3 Å². The molecule has 2 aromatic heterocycles. The normalized spacial score (nSPS) is 15.9. The number of halogens is 2. The van der Waals surface area contributed by atoms with Crippen LogP contribution in [0, 0.1) is 6.92 Å². The summed E-state index contributed by atoms with van der Waals surface area (Å²) in [5.41, 5.74) is 0.980. The van der Waals surface area contributed by atoms with Gasteiger partial charge in [0.2, 0.25) is 0 Å². The lowest BCUT2D eigenvalue weighted by atomic mass is 9.91. The van der Waals surface area contributed by atoms with E-state index >= 15 is 0 Å². The Kier molecular flexibility index (Phi) is 6.25. The number of nitrogens with zero attached hydrogens (tertiary/aromatic N) is 3. The van der Waals surface area contributed by atoms with E-state index in [0.717, 1.165) is 0 Å². The van der Waals surface area contributed by atoms with Crippen LogP contribution in [0.15, 0.2) is 34.9 Å². The molecular formula is C23H25F2N3O4. The van der Waals surface area contributed by atoms with Gasteiger partial charge in [0.15, 0.2) is 6.10 Å². The Bertz CT molecular complexity index is 1110. The number of fused-ring (bicyclic) bond motifs is 1. The molecule has 9 heteroatoms. The molecule has 1 saturated heterocycles. The number of benzene rings is 1. The largest absolute Gasteiger partial charge is 0.497 e. The minimum Gasteiger partial charge on any atom is -0.497 e. The number of hydrogen-bond acceptors (Lipinski definition) is 6. The molecule has 1 aliphatic heterocycles. The van der Waals surface area contributed by atoms with E-state index in [1.54, 1.807) is 50.1 Å². The zero-order chi connectivity index (χ0) is 22.8. The molecule has 1 aromatic carbocycles. The summed E-state index contributed by atoms with van der Waals surface area (Å²) in [5.74, 6) is 1.05. The fourth-order valence-corrected chi connectivity index (χ4v) is 4.11. The van der Waals surface area contributed by atoms with Gasteiger partial charge < -0.3 is 18.9 Å². The molecule has 0 bridgehead atoms. The van der Waals surface area contributed by atoms with Crippen molar-refractivity contribution < 1.29 is 27.6 Å². The summed E-state index contributed by atoms with van der Waals surface area (Å²) in [6, 6.07) is 8.54. The van der Waals surface area contributed by atoms with Gasteiger partial charge in [0.1, 0.15) is 11.5 Å². The summed E-state index contributed by atoms with van der Waals surface area (Å²) in [7, 11) is 1.57. The average molecular weight is 445 g/mol. The highest BCUT2D eigenvalue weighted by atomic mass is 19.3. The van der Waals surface area contributed by atoms with E-state index in [-0.39, 0.29) is 28.5 Å². The van der Waals surface area contributed by atoms with Crippen LogP contribution in [0.3, 0.4) is 0 Å². The minimum absolute atomic E-state index is 0.0408. The Morgan fingerprint density at radius 1 is 1.22 bits per heavy atom. The Hall–Kier alpha value is -3.23. The van der Waals surface area contributed by atoms with Crippen LogP contribution in [0.1, 0.15) is 49.1 Å². The Morgan fingerprint density at radius 2 is 1.94 bits per heavy atom. The molecule has 0 radical (unpaired) electrons. The summed E-state index contributed by atoms with van der Waals surface area (Å²) in [6.45, 7) is 4.32. The zero-order valence-corrected chi connectivity index (χ0v) is 18.2. The summed E-state index contributed by atoms with van der Waals surface area (Å²) < 4.78 is 43.3. The number of pyridine rings is 1. The second kappa shape index (κ2) is 9.10. The molecule has 1 atom stereocenters. The van der Waals surface area contributed by atoms with Crippen molar-refractivity contribution in [1.82, 2.24) is 15.0 Å². The number of aryl methyl sites for hydroxylation is 1. The van der Waals surface area contributed by atoms with Crippen molar-refractivity contribution in [2.24, 2.45) is 0 Å². The molecule has 3 heterocycles. The number of amides is 1. The number of piperidine rings is 1. The highest BCUT2D eigenvalue weighted by Crippen LogP contribution is 2.35. The van der Waals surface area contributed by atoms with Crippen LogP contribution in [-0.2, 0) is 4.79 Å². The number of methoxy groups -OCH3 is 1. The van der Waals surface area contributed by atoms with Gasteiger partial charge in [-0.3, -0.25) is 4.79 Å². The summed E-state index contributed by atoms with van der Waals surface area (Å²) in [4.78, 5) is 19.0. The van der Waals surface area contributed by atoms with Crippen molar-refractivity contribution >= 4 is 17.0 Å². The Balaban J connectivity index is 1.42. The standard InChI is InChI=1S/C23H25F2N3O4/c1-13-20-18(21(24)25)12-19(26-22(20)32-27-13)15-7-9-28(10-8-15)23(29)14(2)31-17-6-4-5-16(11-17)30-3/h4-6,11-12,14-15,21H,7-10H2,1-3H3. The maximum atomic E-state index is 13.6. The fraction of sp³-hybridized carbons (Fsp3) is 0.435. The highest BCUT2D eigenvalue weighted by molar-refractivity contribution is 5.81. The van der Waals surface area contributed by atoms with E-state index in [0.29, 0.717) is 48.8 Å². The molecule has 0 saturated carbocycles. The zero-order valence-electron chi connectivity index (χ0n) is 18.2. The van der Waals surface area contributed by atoms with E-state index < -0.39 is 12.5 Å². The van der Waals surface area contributed by atoms with Gasteiger partial charge in [-0.15, -0.1) is 0 Å². The summed E-state index contributed by atoms with van der Waals surface area (Å²) in [6.07, 6.45) is -2.07. The first-order chi connectivity index (χ1) is 15.4. The molecule has 0 spiro atoms. The predicted octanol–water partition coefficient (Wildman–Crippen LogP) is 4.65. The van der Waals surface area contributed by atoms with Crippen molar-refractivity contribution in [2.45, 2.75) is 45.1 Å². The Morgan fingerprint density at radius 3 is 2.62 bits per heavy atom. The van der Waals surface area contributed by atoms with Crippen LogP contribution in [-0.4, -0.2) is 47.3 Å². The monoisotopic (exact) mass is 445 g/mol. The third-order valence-corrected chi connectivity index (χ3v) is 5.83. The van der Waals surface area contributed by atoms with Crippen LogP contribution in [0.4, 0.5) is 8.78 Å². The second-order valence-corrected chi connectivity index (χ2v) is 7.92. The lowest BCUT2D eigenvalue weighted by Crippen LogP contribution is -2.44. The van der Waals surface area contributed by atoms with Crippen LogP contribution in [0.25, 0.3) is 11.1 Å². The van der Waals surface area contributed by atoms with E-state index in [9.17, 15) is 13.6 Å². The minimum atomic E-state index is -2.64. The molecular weight excluding hydrogens is 420 g/mol. The molecule has 1 amide bonds. The smallest absolute Gasteiger partial charge is 0.264 e. The number of ether oxygens (including phenoxy) is 2. The molecule has 3 aromatic rings. The van der Waals surface area contributed by atoms with Crippen molar-refractivity contribution in [2.75, 3.05) is 20.2 Å². The van der Waals surface area contributed by atoms with Crippen molar-refractivity contribution in [3.8, 4) is 11.5 Å². The molecule has 1 aliphatic rings. The van der Waals surface area contributed by atoms with Crippen LogP contribution in [0.2, 0.25) is 0 Å². The third kappa shape index (κ3) is 4.37. The maximum absolute atomic E-state index is 13.6. The van der Waals surface area contributed by atoms with Gasteiger partial charge in [-0.2, -0.15) is 0 Å². The third-order valence-electron chi connectivity index (χ3n) is 5.83. The maximum Gasteiger partial charge on any atom is 0.264 e. The van der Waals surface area contributed by atoms with Crippen LogP contribution < -0.4 is 9.47 Å². The van der Waals surface area contributed by atoms with Gasteiger partial charge in [-0.1, -0.05) is 11.2 Å². The molecule has 170 valence electrons. The van der Waals surface area contributed by atoms with Gasteiger partial charge in [0.25, 0.3) is 18.0 Å². The predicted molar refractivity (Wildman–Crippen MR) is 113 cm³/mol. The van der Waals surface area contributed by atoms with Crippen molar-refractivity contribution in [3.63, 3.8) is 0 Å². The molecule has 1 unspecified atom stereocenters. The first-order valence-corrected chi connectivity index (χ1v) is 10.5. The first kappa shape index (κ1) is 22.0. The molecule has 0 N–H and O–H groups in total. The van der Waals surface area contributed by atoms with Crippen LogP contribution >= 0.6 is 0 Å². The van der Waals surface area contributed by atoms with Crippen molar-refractivity contribution in [1.29, 1.82) is 0 Å². The number of carbonyl (C=O) groups is 1. The number of likely N-dealkylation sites (tertiary alicyclic amines) is 1. The van der Waals surface area contributed by atoms with Gasteiger partial charge in [-0.25, -0.2) is 13.8 Å². The topological polar surface area (TPSA) is 77.7 Å². The second-order valence-electron chi connectivity index (χ2n) is 7.92. The average Bonchev–Trinajstić information content (AvgIpc) is 3.18. The first-order valence-electron chi connectivity index (χ1n) is 10.5. The van der Waals surface area contributed by atoms with E-state index in [2.05, 4.69) is 10.1 Å². The highest BCUT2D eigenvalue weighted by Gasteiger charge is 2.30. The van der Waals surface area contributed by atoms with Gasteiger partial charge in [-0.05, 0) is 44.9 Å². The van der Waals surface area contributed by atoms with Gasteiger partial charge in [0, 0.05) is 36.3 Å². The molecule has 0 aliphatic carbocycles.